The standard InChI is InChI=1S/C15H21BrO/c1-15(2,14-5-3-4-10-17-14)13-8-6-12(11-16)7-9-13/h6-9,14H,3-5,10-11H2,1-2H3. The molecule has 0 radical (unpaired) electrons. The van der Waals surface area contributed by atoms with Crippen LogP contribution < -0.4 is 0 Å². The Morgan fingerprint density at radius 3 is 2.47 bits per heavy atom. The highest BCUT2D eigenvalue weighted by atomic mass is 79.9. The molecule has 0 bridgehead atoms. The maximum Gasteiger partial charge on any atom is 0.0666 e. The Hall–Kier alpha value is -0.340. The summed E-state index contributed by atoms with van der Waals surface area (Å²) < 4.78 is 5.94. The van der Waals surface area contributed by atoms with Crippen LogP contribution in [-0.2, 0) is 15.5 Å². The molecule has 0 aromatic heterocycles. The van der Waals surface area contributed by atoms with Gasteiger partial charge < -0.3 is 4.74 Å². The highest BCUT2D eigenvalue weighted by Crippen LogP contribution is 2.34. The van der Waals surface area contributed by atoms with Crippen LogP contribution in [0, 0.1) is 0 Å². The number of alkyl halides is 1. The summed E-state index contributed by atoms with van der Waals surface area (Å²) in [5.74, 6) is 0. The fraction of sp³-hybridized carbons (Fsp3) is 0.600. The lowest BCUT2D eigenvalue weighted by Gasteiger charge is -2.37. The van der Waals surface area contributed by atoms with E-state index < -0.39 is 0 Å². The van der Waals surface area contributed by atoms with E-state index in [1.54, 1.807) is 0 Å². The Labute approximate surface area is 113 Å². The summed E-state index contributed by atoms with van der Waals surface area (Å²) in [6.07, 6.45) is 4.07. The molecule has 1 fully saturated rings. The van der Waals surface area contributed by atoms with E-state index in [-0.39, 0.29) is 5.41 Å². The summed E-state index contributed by atoms with van der Waals surface area (Å²) in [5.41, 5.74) is 2.83. The molecule has 94 valence electrons. The predicted molar refractivity (Wildman–Crippen MR) is 75.7 cm³/mol. The first kappa shape index (κ1) is 13.1. The minimum Gasteiger partial charge on any atom is -0.377 e. The zero-order valence-corrected chi connectivity index (χ0v) is 12.3. The van der Waals surface area contributed by atoms with Gasteiger partial charge in [-0.1, -0.05) is 54.0 Å². The molecule has 0 N–H and O–H groups in total. The van der Waals surface area contributed by atoms with Crippen LogP contribution in [0.25, 0.3) is 0 Å². The molecule has 1 atom stereocenters. The van der Waals surface area contributed by atoms with E-state index in [0.717, 1.165) is 11.9 Å². The van der Waals surface area contributed by atoms with Gasteiger partial charge in [0.1, 0.15) is 0 Å². The lowest BCUT2D eigenvalue weighted by Crippen LogP contribution is -2.38. The third kappa shape index (κ3) is 2.92. The molecule has 1 heterocycles. The van der Waals surface area contributed by atoms with Gasteiger partial charge in [0.2, 0.25) is 0 Å². The molecule has 0 amide bonds. The third-order valence-corrected chi connectivity index (χ3v) is 4.48. The molecule has 1 aromatic carbocycles. The van der Waals surface area contributed by atoms with Crippen LogP contribution in [0.4, 0.5) is 0 Å². The summed E-state index contributed by atoms with van der Waals surface area (Å²) in [4.78, 5) is 0. The van der Waals surface area contributed by atoms with Gasteiger partial charge in [-0.15, -0.1) is 0 Å². The van der Waals surface area contributed by atoms with Crippen molar-refractivity contribution in [2.75, 3.05) is 6.61 Å². The van der Waals surface area contributed by atoms with E-state index >= 15 is 0 Å². The van der Waals surface area contributed by atoms with E-state index in [1.165, 1.54) is 30.4 Å². The fourth-order valence-electron chi connectivity index (χ4n) is 2.52. The average Bonchev–Trinajstić information content (AvgIpc) is 2.40. The van der Waals surface area contributed by atoms with Gasteiger partial charge in [-0.05, 0) is 30.4 Å². The number of hydrogen-bond acceptors (Lipinski definition) is 1. The second kappa shape index (κ2) is 5.53. The van der Waals surface area contributed by atoms with Gasteiger partial charge in [0.15, 0.2) is 0 Å². The maximum atomic E-state index is 5.94. The highest BCUT2D eigenvalue weighted by Gasteiger charge is 2.33. The molecule has 1 saturated heterocycles. The van der Waals surface area contributed by atoms with Crippen LogP contribution in [0.1, 0.15) is 44.2 Å². The number of halogens is 1. The van der Waals surface area contributed by atoms with Crippen molar-refractivity contribution in [1.29, 1.82) is 0 Å². The maximum absolute atomic E-state index is 5.94. The van der Waals surface area contributed by atoms with E-state index in [2.05, 4.69) is 54.0 Å². The highest BCUT2D eigenvalue weighted by molar-refractivity contribution is 9.08. The van der Waals surface area contributed by atoms with Gasteiger partial charge in [0.05, 0.1) is 6.10 Å². The molecule has 17 heavy (non-hydrogen) atoms. The molecule has 1 aliphatic heterocycles. The van der Waals surface area contributed by atoms with Crippen molar-refractivity contribution < 1.29 is 4.74 Å². The molecule has 0 saturated carbocycles. The Morgan fingerprint density at radius 2 is 1.94 bits per heavy atom. The molecule has 1 aromatic rings. The zero-order chi connectivity index (χ0) is 12.3. The van der Waals surface area contributed by atoms with Crippen LogP contribution in [-0.4, -0.2) is 12.7 Å². The van der Waals surface area contributed by atoms with E-state index in [1.807, 2.05) is 0 Å². The molecule has 1 aliphatic rings. The zero-order valence-electron chi connectivity index (χ0n) is 10.7. The molecule has 2 heteroatoms. The summed E-state index contributed by atoms with van der Waals surface area (Å²) in [5, 5.41) is 0.924. The lowest BCUT2D eigenvalue weighted by molar-refractivity contribution is -0.0256. The second-order valence-corrected chi connectivity index (χ2v) is 5.97. The molecule has 0 spiro atoms. The van der Waals surface area contributed by atoms with Crippen molar-refractivity contribution in [3.8, 4) is 0 Å². The van der Waals surface area contributed by atoms with Crippen molar-refractivity contribution in [3.05, 3.63) is 35.4 Å². The number of ether oxygens (including phenoxy) is 1. The molecular weight excluding hydrogens is 276 g/mol. The number of rotatable bonds is 3. The first-order valence-corrected chi connectivity index (χ1v) is 7.53. The van der Waals surface area contributed by atoms with Crippen LogP contribution in [0.5, 0.6) is 0 Å². The largest absolute Gasteiger partial charge is 0.377 e. The van der Waals surface area contributed by atoms with Crippen LogP contribution in [0.15, 0.2) is 24.3 Å². The minimum absolute atomic E-state index is 0.116. The smallest absolute Gasteiger partial charge is 0.0666 e. The fourth-order valence-corrected chi connectivity index (χ4v) is 2.89. The average molecular weight is 297 g/mol. The third-order valence-electron chi connectivity index (χ3n) is 3.84. The summed E-state index contributed by atoms with van der Waals surface area (Å²) >= 11 is 3.48. The number of hydrogen-bond donors (Lipinski definition) is 0. The molecule has 1 unspecified atom stereocenters. The van der Waals surface area contributed by atoms with Crippen LogP contribution in [0.2, 0.25) is 0 Å². The van der Waals surface area contributed by atoms with Gasteiger partial charge in [-0.2, -0.15) is 0 Å². The Morgan fingerprint density at radius 1 is 1.24 bits per heavy atom. The molecule has 2 rings (SSSR count). The SMILES string of the molecule is CC(C)(c1ccc(CBr)cc1)C1CCCCO1. The van der Waals surface area contributed by atoms with Crippen molar-refractivity contribution in [3.63, 3.8) is 0 Å². The Kier molecular flexibility index (Phi) is 4.26. The summed E-state index contributed by atoms with van der Waals surface area (Å²) in [6, 6.07) is 8.90. The number of benzene rings is 1. The first-order chi connectivity index (χ1) is 8.14. The quantitative estimate of drug-likeness (QED) is 0.750. The van der Waals surface area contributed by atoms with Crippen LogP contribution in [0.3, 0.4) is 0 Å². The van der Waals surface area contributed by atoms with Gasteiger partial charge in [-0.25, -0.2) is 0 Å². The summed E-state index contributed by atoms with van der Waals surface area (Å²) in [6.45, 7) is 5.52. The van der Waals surface area contributed by atoms with Gasteiger partial charge in [0, 0.05) is 17.4 Å². The van der Waals surface area contributed by atoms with E-state index in [9.17, 15) is 0 Å². The lowest BCUT2D eigenvalue weighted by atomic mass is 9.76. The van der Waals surface area contributed by atoms with Crippen molar-refractivity contribution in [1.82, 2.24) is 0 Å². The topological polar surface area (TPSA) is 9.23 Å². The summed E-state index contributed by atoms with van der Waals surface area (Å²) in [7, 11) is 0. The van der Waals surface area contributed by atoms with Gasteiger partial charge in [-0.3, -0.25) is 0 Å². The molecule has 0 aliphatic carbocycles. The van der Waals surface area contributed by atoms with E-state index in [4.69, 9.17) is 4.74 Å². The van der Waals surface area contributed by atoms with Crippen LogP contribution >= 0.6 is 15.9 Å². The normalized spacial score (nSPS) is 21.5. The monoisotopic (exact) mass is 296 g/mol. The second-order valence-electron chi connectivity index (χ2n) is 5.41. The van der Waals surface area contributed by atoms with Crippen molar-refractivity contribution in [2.24, 2.45) is 0 Å². The van der Waals surface area contributed by atoms with Gasteiger partial charge >= 0.3 is 0 Å². The first-order valence-electron chi connectivity index (χ1n) is 6.41. The minimum atomic E-state index is 0.116. The van der Waals surface area contributed by atoms with Crippen molar-refractivity contribution in [2.45, 2.75) is 50.0 Å². The Balaban J connectivity index is 2.17. The molecule has 1 nitrogen and oxygen atoms in total. The predicted octanol–water partition coefficient (Wildman–Crippen LogP) is 4.43. The molecular formula is C15H21BrO. The Bertz CT molecular complexity index is 350. The van der Waals surface area contributed by atoms with Crippen molar-refractivity contribution >= 4 is 15.9 Å². The van der Waals surface area contributed by atoms with E-state index in [0.29, 0.717) is 6.10 Å². The van der Waals surface area contributed by atoms with Gasteiger partial charge in [0.25, 0.3) is 0 Å².